The second-order valence-electron chi connectivity index (χ2n) is 7.18. The van der Waals surface area contributed by atoms with E-state index >= 15 is 0 Å². The summed E-state index contributed by atoms with van der Waals surface area (Å²) in [4.78, 5) is 6.45. The summed E-state index contributed by atoms with van der Waals surface area (Å²) in [7, 11) is 3.81. The Hall–Kier alpha value is -1.06. The smallest absolute Gasteiger partial charge is 0.193 e. The third-order valence-corrected chi connectivity index (χ3v) is 5.76. The molecule has 1 aliphatic rings. The Morgan fingerprint density at radius 1 is 1.21 bits per heavy atom. The zero-order chi connectivity index (χ0) is 19.9. The first-order valence-corrected chi connectivity index (χ1v) is 10.6. The van der Waals surface area contributed by atoms with Crippen LogP contribution in [0.5, 0.6) is 0 Å². The largest absolute Gasteiger partial charge is 0.356 e. The van der Waals surface area contributed by atoms with Crippen LogP contribution in [0.25, 0.3) is 0 Å². The van der Waals surface area contributed by atoms with Gasteiger partial charge in [-0.1, -0.05) is 35.7 Å². The van der Waals surface area contributed by atoms with Crippen LogP contribution < -0.4 is 5.32 Å². The van der Waals surface area contributed by atoms with Crippen LogP contribution in [0.3, 0.4) is 0 Å². The van der Waals surface area contributed by atoms with E-state index in [0.717, 1.165) is 55.5 Å². The molecule has 1 aromatic carbocycles. The van der Waals surface area contributed by atoms with Crippen LogP contribution in [0.2, 0.25) is 10.0 Å². The van der Waals surface area contributed by atoms with Gasteiger partial charge in [-0.25, -0.2) is 0 Å². The molecule has 6 nitrogen and oxygen atoms in total. The van der Waals surface area contributed by atoms with Crippen LogP contribution in [-0.2, 0) is 25.9 Å². The molecule has 2 aromatic rings. The highest BCUT2D eigenvalue weighted by atomic mass is 127. The molecule has 3 rings (SSSR count). The van der Waals surface area contributed by atoms with Gasteiger partial charge in [0.2, 0.25) is 0 Å². The van der Waals surface area contributed by atoms with E-state index in [1.54, 1.807) is 7.05 Å². The number of guanidine groups is 1. The van der Waals surface area contributed by atoms with Crippen molar-refractivity contribution in [3.05, 3.63) is 45.5 Å². The average molecular weight is 551 g/mol. The van der Waals surface area contributed by atoms with Crippen LogP contribution >= 0.6 is 47.2 Å². The maximum absolute atomic E-state index is 6.11. The molecular weight excluding hydrogens is 522 g/mol. The van der Waals surface area contributed by atoms with Crippen molar-refractivity contribution in [2.45, 2.75) is 51.6 Å². The van der Waals surface area contributed by atoms with Gasteiger partial charge in [0, 0.05) is 46.6 Å². The fourth-order valence-electron chi connectivity index (χ4n) is 3.55. The first kappa shape index (κ1) is 24.2. The topological polar surface area (TPSA) is 58.3 Å². The number of benzene rings is 1. The third kappa shape index (κ3) is 6.72. The van der Waals surface area contributed by atoms with E-state index in [9.17, 15) is 0 Å². The molecule has 0 bridgehead atoms. The van der Waals surface area contributed by atoms with Crippen LogP contribution in [0.15, 0.2) is 23.2 Å². The standard InChI is InChI=1S/C20H28Cl2N6.HI/c1-23-20(27(2)14-15-9-10-16(21)17(22)13-15)24-11-6-8-19-26-25-18-7-4-3-5-12-28(18)19;/h9-10,13H,3-8,11-12,14H2,1-2H3,(H,23,24);1H. The highest BCUT2D eigenvalue weighted by Crippen LogP contribution is 2.23. The van der Waals surface area contributed by atoms with Gasteiger partial charge < -0.3 is 14.8 Å². The molecule has 0 saturated carbocycles. The zero-order valence-electron chi connectivity index (χ0n) is 17.0. The van der Waals surface area contributed by atoms with Crippen LogP contribution in [0, 0.1) is 0 Å². The van der Waals surface area contributed by atoms with Crippen LogP contribution in [0.1, 0.15) is 42.9 Å². The second kappa shape index (κ2) is 12.0. The Balaban J connectivity index is 0.00000300. The monoisotopic (exact) mass is 550 g/mol. The Bertz CT molecular complexity index is 823. The highest BCUT2D eigenvalue weighted by molar-refractivity contribution is 14.0. The predicted octanol–water partition coefficient (Wildman–Crippen LogP) is 4.57. The molecule has 0 spiro atoms. The SMILES string of the molecule is CN=C(NCCCc1nnc2n1CCCCC2)N(C)Cc1ccc(Cl)c(Cl)c1.I. The number of nitrogens with zero attached hydrogens (tertiary/aromatic N) is 5. The third-order valence-electron chi connectivity index (χ3n) is 5.02. The van der Waals surface area contributed by atoms with Crippen molar-refractivity contribution in [2.24, 2.45) is 4.99 Å². The number of halogens is 3. The van der Waals surface area contributed by atoms with Gasteiger partial charge in [0.1, 0.15) is 11.6 Å². The molecule has 0 fully saturated rings. The Labute approximate surface area is 200 Å². The number of aliphatic imine (C=N–C) groups is 1. The molecule has 29 heavy (non-hydrogen) atoms. The van der Waals surface area contributed by atoms with Gasteiger partial charge in [0.25, 0.3) is 0 Å². The molecule has 1 aliphatic heterocycles. The molecular formula is C20H29Cl2IN6. The van der Waals surface area contributed by atoms with Gasteiger partial charge >= 0.3 is 0 Å². The lowest BCUT2D eigenvalue weighted by Crippen LogP contribution is -2.39. The minimum absolute atomic E-state index is 0. The molecule has 0 radical (unpaired) electrons. The lowest BCUT2D eigenvalue weighted by Gasteiger charge is -2.22. The summed E-state index contributed by atoms with van der Waals surface area (Å²) in [6.45, 7) is 2.59. The van der Waals surface area contributed by atoms with Crippen molar-refractivity contribution in [3.8, 4) is 0 Å². The van der Waals surface area contributed by atoms with E-state index in [4.69, 9.17) is 23.2 Å². The van der Waals surface area contributed by atoms with Gasteiger partial charge in [-0.15, -0.1) is 34.2 Å². The number of nitrogens with one attached hydrogen (secondary N) is 1. The quantitative estimate of drug-likeness (QED) is 0.248. The van der Waals surface area contributed by atoms with Crippen molar-refractivity contribution in [1.29, 1.82) is 0 Å². The van der Waals surface area contributed by atoms with Gasteiger partial charge in [0.15, 0.2) is 5.96 Å². The number of aryl methyl sites for hydroxylation is 2. The Morgan fingerprint density at radius 2 is 2.03 bits per heavy atom. The lowest BCUT2D eigenvalue weighted by molar-refractivity contribution is 0.475. The van der Waals surface area contributed by atoms with Gasteiger partial charge in [0.05, 0.1) is 10.0 Å². The molecule has 0 atom stereocenters. The average Bonchev–Trinajstić information content (AvgIpc) is 2.91. The highest BCUT2D eigenvalue weighted by Gasteiger charge is 2.14. The van der Waals surface area contributed by atoms with Gasteiger partial charge in [-0.2, -0.15) is 0 Å². The van der Waals surface area contributed by atoms with E-state index in [1.807, 2.05) is 25.2 Å². The number of fused-ring (bicyclic) bond motifs is 1. The Morgan fingerprint density at radius 3 is 2.79 bits per heavy atom. The Kier molecular flexibility index (Phi) is 9.98. The number of hydrogen-bond donors (Lipinski definition) is 1. The summed E-state index contributed by atoms with van der Waals surface area (Å²) in [6.07, 6.45) is 6.69. The molecule has 160 valence electrons. The van der Waals surface area contributed by atoms with Crippen molar-refractivity contribution in [2.75, 3.05) is 20.6 Å². The molecule has 2 heterocycles. The van der Waals surface area contributed by atoms with Crippen molar-refractivity contribution < 1.29 is 0 Å². The van der Waals surface area contributed by atoms with Crippen molar-refractivity contribution in [1.82, 2.24) is 25.0 Å². The van der Waals surface area contributed by atoms with Gasteiger partial charge in [-0.3, -0.25) is 4.99 Å². The number of rotatable bonds is 6. The summed E-state index contributed by atoms with van der Waals surface area (Å²) in [6, 6.07) is 5.70. The minimum atomic E-state index is 0. The summed E-state index contributed by atoms with van der Waals surface area (Å²) in [5, 5.41) is 13.4. The van der Waals surface area contributed by atoms with E-state index in [1.165, 1.54) is 19.3 Å². The van der Waals surface area contributed by atoms with Crippen LogP contribution in [0.4, 0.5) is 0 Å². The van der Waals surface area contributed by atoms with Crippen LogP contribution in [-0.4, -0.2) is 46.3 Å². The summed E-state index contributed by atoms with van der Waals surface area (Å²) in [5.74, 6) is 3.11. The molecule has 1 N–H and O–H groups in total. The second-order valence-corrected chi connectivity index (χ2v) is 7.99. The first-order chi connectivity index (χ1) is 13.6. The minimum Gasteiger partial charge on any atom is -0.356 e. The molecule has 9 heteroatoms. The molecule has 0 saturated heterocycles. The molecule has 0 amide bonds. The predicted molar refractivity (Wildman–Crippen MR) is 131 cm³/mol. The number of aromatic nitrogens is 3. The van der Waals surface area contributed by atoms with Crippen molar-refractivity contribution in [3.63, 3.8) is 0 Å². The normalized spacial score (nSPS) is 14.0. The van der Waals surface area contributed by atoms with E-state index in [0.29, 0.717) is 16.6 Å². The first-order valence-electron chi connectivity index (χ1n) is 9.85. The molecule has 0 aliphatic carbocycles. The fraction of sp³-hybridized carbons (Fsp3) is 0.550. The maximum atomic E-state index is 6.11. The summed E-state index contributed by atoms with van der Waals surface area (Å²) >= 11 is 12.1. The molecule has 1 aromatic heterocycles. The molecule has 0 unspecified atom stereocenters. The van der Waals surface area contributed by atoms with Crippen molar-refractivity contribution >= 4 is 53.1 Å². The lowest BCUT2D eigenvalue weighted by atomic mass is 10.2. The maximum Gasteiger partial charge on any atom is 0.193 e. The summed E-state index contributed by atoms with van der Waals surface area (Å²) < 4.78 is 2.32. The van der Waals surface area contributed by atoms with E-state index in [2.05, 4.69) is 30.0 Å². The van der Waals surface area contributed by atoms with Gasteiger partial charge in [-0.05, 0) is 37.0 Å². The van der Waals surface area contributed by atoms with E-state index < -0.39 is 0 Å². The zero-order valence-corrected chi connectivity index (χ0v) is 20.8. The fourth-order valence-corrected chi connectivity index (χ4v) is 3.87. The van der Waals surface area contributed by atoms with E-state index in [-0.39, 0.29) is 24.0 Å². The number of hydrogen-bond acceptors (Lipinski definition) is 3. The summed E-state index contributed by atoms with van der Waals surface area (Å²) in [5.41, 5.74) is 1.09.